The Balaban J connectivity index is 1.91. The predicted octanol–water partition coefficient (Wildman–Crippen LogP) is 4.57. The Kier molecular flexibility index (Phi) is 3.71. The van der Waals surface area contributed by atoms with E-state index in [-0.39, 0.29) is 0 Å². The Bertz CT molecular complexity index is 766. The summed E-state index contributed by atoms with van der Waals surface area (Å²) in [5.74, 6) is 1.53. The molecule has 1 aromatic heterocycles. The molecule has 0 unspecified atom stereocenters. The van der Waals surface area contributed by atoms with Gasteiger partial charge in [0.25, 0.3) is 0 Å². The number of nitrogens with zero attached hydrogens (tertiary/aromatic N) is 2. The normalized spacial score (nSPS) is 10.6. The number of ether oxygens (including phenoxy) is 1. The van der Waals surface area contributed by atoms with Crippen LogP contribution in [0.25, 0.3) is 5.69 Å². The van der Waals surface area contributed by atoms with Crippen LogP contribution >= 0.6 is 12.6 Å². The molecule has 0 aliphatic rings. The first-order chi connectivity index (χ1) is 10.1. The lowest BCUT2D eigenvalue weighted by molar-refractivity contribution is 0.471. The first-order valence-electron chi connectivity index (χ1n) is 6.73. The molecule has 0 N–H and O–H groups in total. The van der Waals surface area contributed by atoms with Crippen molar-refractivity contribution in [2.24, 2.45) is 0 Å². The van der Waals surface area contributed by atoms with Crippen molar-refractivity contribution in [3.05, 3.63) is 66.0 Å². The summed E-state index contributed by atoms with van der Waals surface area (Å²) < 4.78 is 7.73. The molecule has 3 rings (SSSR count). The van der Waals surface area contributed by atoms with E-state index in [2.05, 4.69) is 17.7 Å². The number of rotatable bonds is 3. The average molecular weight is 296 g/mol. The standard InChI is InChI=1S/C17H16N2OS/c1-12-10-13(2)19(18-12)14-8-9-16(17(21)11-14)20-15-6-4-3-5-7-15/h3-11,21H,1-2H3. The number of thiol groups is 1. The Hall–Kier alpha value is -2.20. The van der Waals surface area contributed by atoms with E-state index in [1.807, 2.05) is 73.1 Å². The molecule has 0 amide bonds. The maximum absolute atomic E-state index is 5.83. The highest BCUT2D eigenvalue weighted by Crippen LogP contribution is 2.30. The van der Waals surface area contributed by atoms with Gasteiger partial charge in [-0.1, -0.05) is 18.2 Å². The predicted molar refractivity (Wildman–Crippen MR) is 86.8 cm³/mol. The fourth-order valence-corrected chi connectivity index (χ4v) is 2.48. The lowest BCUT2D eigenvalue weighted by Crippen LogP contribution is -1.99. The second-order valence-corrected chi connectivity index (χ2v) is 5.39. The van der Waals surface area contributed by atoms with Gasteiger partial charge in [0, 0.05) is 10.6 Å². The van der Waals surface area contributed by atoms with Crippen LogP contribution in [0.5, 0.6) is 11.5 Å². The third-order valence-electron chi connectivity index (χ3n) is 3.17. The topological polar surface area (TPSA) is 27.1 Å². The van der Waals surface area contributed by atoms with Gasteiger partial charge < -0.3 is 4.74 Å². The van der Waals surface area contributed by atoms with Crippen molar-refractivity contribution in [3.8, 4) is 17.2 Å². The van der Waals surface area contributed by atoms with E-state index in [4.69, 9.17) is 4.74 Å². The molecule has 0 radical (unpaired) electrons. The van der Waals surface area contributed by atoms with E-state index in [1.165, 1.54) is 0 Å². The lowest BCUT2D eigenvalue weighted by atomic mass is 10.3. The van der Waals surface area contributed by atoms with Crippen LogP contribution in [0.4, 0.5) is 0 Å². The molecule has 21 heavy (non-hydrogen) atoms. The van der Waals surface area contributed by atoms with Crippen LogP contribution in [-0.4, -0.2) is 9.78 Å². The molecule has 3 aromatic rings. The van der Waals surface area contributed by atoms with E-state index in [9.17, 15) is 0 Å². The third-order valence-corrected chi connectivity index (χ3v) is 3.52. The highest BCUT2D eigenvalue weighted by Gasteiger charge is 2.07. The van der Waals surface area contributed by atoms with Crippen molar-refractivity contribution >= 4 is 12.6 Å². The average Bonchev–Trinajstić information content (AvgIpc) is 2.81. The second-order valence-electron chi connectivity index (χ2n) is 4.91. The van der Waals surface area contributed by atoms with Gasteiger partial charge in [-0.2, -0.15) is 5.10 Å². The maximum Gasteiger partial charge on any atom is 0.140 e. The van der Waals surface area contributed by atoms with Crippen molar-refractivity contribution in [2.45, 2.75) is 18.7 Å². The monoisotopic (exact) mass is 296 g/mol. The summed E-state index contributed by atoms with van der Waals surface area (Å²) in [5.41, 5.74) is 3.07. The first kappa shape index (κ1) is 13.8. The van der Waals surface area contributed by atoms with E-state index >= 15 is 0 Å². The molecular weight excluding hydrogens is 280 g/mol. The number of aryl methyl sites for hydroxylation is 2. The molecule has 4 heteroatoms. The van der Waals surface area contributed by atoms with E-state index in [0.717, 1.165) is 33.5 Å². The van der Waals surface area contributed by atoms with Crippen molar-refractivity contribution in [1.82, 2.24) is 9.78 Å². The maximum atomic E-state index is 5.83. The minimum atomic E-state index is 0.731. The van der Waals surface area contributed by atoms with Crippen LogP contribution in [0.15, 0.2) is 59.5 Å². The summed E-state index contributed by atoms with van der Waals surface area (Å²) in [6, 6.07) is 17.6. The minimum Gasteiger partial charge on any atom is -0.456 e. The fraction of sp³-hybridized carbons (Fsp3) is 0.118. The van der Waals surface area contributed by atoms with Crippen molar-refractivity contribution in [3.63, 3.8) is 0 Å². The molecule has 0 spiro atoms. The number of para-hydroxylation sites is 1. The van der Waals surface area contributed by atoms with Crippen LogP contribution < -0.4 is 4.74 Å². The molecule has 0 atom stereocenters. The van der Waals surface area contributed by atoms with Gasteiger partial charge >= 0.3 is 0 Å². The van der Waals surface area contributed by atoms with Crippen LogP contribution in [0, 0.1) is 13.8 Å². The van der Waals surface area contributed by atoms with E-state index in [1.54, 1.807) is 0 Å². The summed E-state index contributed by atoms with van der Waals surface area (Å²) in [6.45, 7) is 4.02. The lowest BCUT2D eigenvalue weighted by Gasteiger charge is -2.10. The zero-order valence-corrected chi connectivity index (χ0v) is 12.8. The van der Waals surface area contributed by atoms with Crippen molar-refractivity contribution in [2.75, 3.05) is 0 Å². The molecule has 0 saturated carbocycles. The Morgan fingerprint density at radius 1 is 1.00 bits per heavy atom. The van der Waals surface area contributed by atoms with Crippen LogP contribution in [0.1, 0.15) is 11.4 Å². The van der Waals surface area contributed by atoms with Gasteiger partial charge in [-0.15, -0.1) is 12.6 Å². The fourth-order valence-electron chi connectivity index (χ4n) is 2.23. The summed E-state index contributed by atoms with van der Waals surface area (Å²) in [6.07, 6.45) is 0. The molecule has 0 aliphatic heterocycles. The Labute approximate surface area is 129 Å². The molecule has 0 saturated heterocycles. The molecule has 0 aliphatic carbocycles. The quantitative estimate of drug-likeness (QED) is 0.717. The van der Waals surface area contributed by atoms with E-state index < -0.39 is 0 Å². The highest BCUT2D eigenvalue weighted by atomic mass is 32.1. The van der Waals surface area contributed by atoms with Gasteiger partial charge in [0.1, 0.15) is 11.5 Å². The van der Waals surface area contributed by atoms with Crippen LogP contribution in [-0.2, 0) is 0 Å². The molecule has 0 fully saturated rings. The molecule has 0 bridgehead atoms. The first-order valence-corrected chi connectivity index (χ1v) is 7.18. The number of hydrogen-bond donors (Lipinski definition) is 1. The van der Waals surface area contributed by atoms with Gasteiger partial charge in [-0.05, 0) is 50.2 Å². The van der Waals surface area contributed by atoms with E-state index in [0.29, 0.717) is 0 Å². The van der Waals surface area contributed by atoms with Gasteiger partial charge in [0.2, 0.25) is 0 Å². The summed E-state index contributed by atoms with van der Waals surface area (Å²) in [5, 5.41) is 4.48. The second kappa shape index (κ2) is 5.66. The number of benzene rings is 2. The number of hydrogen-bond acceptors (Lipinski definition) is 3. The smallest absolute Gasteiger partial charge is 0.140 e. The number of aromatic nitrogens is 2. The van der Waals surface area contributed by atoms with Gasteiger partial charge in [0.15, 0.2) is 0 Å². The molecule has 2 aromatic carbocycles. The van der Waals surface area contributed by atoms with Gasteiger partial charge in [-0.25, -0.2) is 4.68 Å². The Morgan fingerprint density at radius 2 is 1.76 bits per heavy atom. The summed E-state index contributed by atoms with van der Waals surface area (Å²) in [4.78, 5) is 0.781. The zero-order valence-electron chi connectivity index (χ0n) is 11.9. The van der Waals surface area contributed by atoms with Gasteiger partial charge in [0.05, 0.1) is 11.4 Å². The Morgan fingerprint density at radius 3 is 2.38 bits per heavy atom. The largest absolute Gasteiger partial charge is 0.456 e. The molecular formula is C17H16N2OS. The summed E-state index contributed by atoms with van der Waals surface area (Å²) in [7, 11) is 0. The zero-order chi connectivity index (χ0) is 14.8. The third kappa shape index (κ3) is 2.95. The highest BCUT2D eigenvalue weighted by molar-refractivity contribution is 7.80. The van der Waals surface area contributed by atoms with Crippen LogP contribution in [0.3, 0.4) is 0 Å². The summed E-state index contributed by atoms with van der Waals surface area (Å²) >= 11 is 4.52. The van der Waals surface area contributed by atoms with Gasteiger partial charge in [-0.3, -0.25) is 0 Å². The molecule has 1 heterocycles. The molecule has 3 nitrogen and oxygen atoms in total. The minimum absolute atomic E-state index is 0.731. The SMILES string of the molecule is Cc1cc(C)n(-c2ccc(Oc3ccccc3)c(S)c2)n1. The molecule has 106 valence electrons. The van der Waals surface area contributed by atoms with Crippen LogP contribution in [0.2, 0.25) is 0 Å². The van der Waals surface area contributed by atoms with Crippen molar-refractivity contribution < 1.29 is 4.74 Å². The van der Waals surface area contributed by atoms with Crippen molar-refractivity contribution in [1.29, 1.82) is 0 Å².